The Hall–Kier alpha value is -5.31. The van der Waals surface area contributed by atoms with Gasteiger partial charge in [-0.1, -0.05) is 30.3 Å². The van der Waals surface area contributed by atoms with Crippen molar-refractivity contribution in [3.8, 4) is 11.3 Å². The Morgan fingerprint density at radius 3 is 2.22 bits per heavy atom. The number of amides is 1. The first-order valence-corrected chi connectivity index (χ1v) is 10.8. The number of non-ortho nitro benzene ring substituents is 1. The van der Waals surface area contributed by atoms with Gasteiger partial charge in [0.1, 0.15) is 17.2 Å². The maximum Gasteiger partial charge on any atom is 0.335 e. The average molecular weight is 479 g/mol. The molecule has 9 heteroatoms. The smallest absolute Gasteiger partial charge is 0.335 e. The van der Waals surface area contributed by atoms with Crippen molar-refractivity contribution >= 4 is 35.0 Å². The lowest BCUT2D eigenvalue weighted by Gasteiger charge is -2.10. The zero-order valence-corrected chi connectivity index (χ0v) is 18.6. The number of anilines is 1. The van der Waals surface area contributed by atoms with Gasteiger partial charge in [-0.2, -0.15) is 10.1 Å². The number of carbonyl (C=O) groups is 2. The Bertz CT molecular complexity index is 1530. The van der Waals surface area contributed by atoms with Crippen LogP contribution < -0.4 is 5.01 Å². The maximum absolute atomic E-state index is 13.4. The van der Waals surface area contributed by atoms with E-state index in [9.17, 15) is 19.7 Å². The van der Waals surface area contributed by atoms with Gasteiger partial charge >= 0.3 is 5.97 Å². The van der Waals surface area contributed by atoms with Crippen molar-refractivity contribution in [2.75, 3.05) is 5.01 Å². The van der Waals surface area contributed by atoms with Crippen molar-refractivity contribution in [1.82, 2.24) is 0 Å². The van der Waals surface area contributed by atoms with Crippen molar-refractivity contribution in [1.29, 1.82) is 0 Å². The molecule has 0 aliphatic carbocycles. The fraction of sp³-hybridized carbons (Fsp3) is 0. The van der Waals surface area contributed by atoms with Crippen molar-refractivity contribution in [3.63, 3.8) is 0 Å². The molecule has 9 nitrogen and oxygen atoms in total. The molecule has 0 spiro atoms. The van der Waals surface area contributed by atoms with Crippen LogP contribution in [0, 0.1) is 10.1 Å². The second kappa shape index (κ2) is 9.15. The Labute approximate surface area is 204 Å². The minimum Gasteiger partial charge on any atom is -0.478 e. The largest absolute Gasteiger partial charge is 0.478 e. The number of carboxylic acids is 1. The third kappa shape index (κ3) is 4.28. The highest BCUT2D eigenvalue weighted by Crippen LogP contribution is 2.30. The van der Waals surface area contributed by atoms with Gasteiger partial charge in [-0.3, -0.25) is 14.9 Å². The molecule has 0 fully saturated rings. The van der Waals surface area contributed by atoms with Crippen LogP contribution in [0.2, 0.25) is 0 Å². The number of para-hydroxylation sites is 1. The van der Waals surface area contributed by atoms with Crippen LogP contribution in [0.1, 0.15) is 21.7 Å². The highest BCUT2D eigenvalue weighted by atomic mass is 16.6. The summed E-state index contributed by atoms with van der Waals surface area (Å²) in [6.07, 6.45) is 1.57. The van der Waals surface area contributed by atoms with Crippen molar-refractivity contribution in [3.05, 3.63) is 124 Å². The highest BCUT2D eigenvalue weighted by molar-refractivity contribution is 6.37. The standard InChI is InChI=1S/C27H17N3O6/c31-26-23(16-22-14-15-24(36-22)17-6-8-19(9-7-17)27(32)33)25(18-10-12-21(13-11-18)30(34)35)28-29(26)20-4-2-1-3-5-20/h1-16H,(H,32,33)/b23-16-. The number of aromatic carboxylic acids is 1. The Morgan fingerprint density at radius 1 is 0.917 bits per heavy atom. The minimum atomic E-state index is -1.02. The highest BCUT2D eigenvalue weighted by Gasteiger charge is 2.32. The molecular weight excluding hydrogens is 462 g/mol. The van der Waals surface area contributed by atoms with Gasteiger partial charge in [0, 0.05) is 23.3 Å². The molecule has 0 unspecified atom stereocenters. The number of carbonyl (C=O) groups excluding carboxylic acids is 1. The minimum absolute atomic E-state index is 0.0706. The summed E-state index contributed by atoms with van der Waals surface area (Å²) in [4.78, 5) is 35.0. The lowest BCUT2D eigenvalue weighted by atomic mass is 10.0. The zero-order valence-electron chi connectivity index (χ0n) is 18.6. The fourth-order valence-electron chi connectivity index (χ4n) is 3.75. The quantitative estimate of drug-likeness (QED) is 0.225. The Kier molecular flexibility index (Phi) is 5.71. The summed E-state index contributed by atoms with van der Waals surface area (Å²) in [6.45, 7) is 0. The second-order valence-electron chi connectivity index (χ2n) is 7.85. The predicted molar refractivity (Wildman–Crippen MR) is 133 cm³/mol. The van der Waals surface area contributed by atoms with Crippen LogP contribution in [-0.4, -0.2) is 27.6 Å². The number of furan rings is 1. The van der Waals surface area contributed by atoms with Crippen LogP contribution in [0.15, 0.2) is 106 Å². The van der Waals surface area contributed by atoms with Gasteiger partial charge in [0.15, 0.2) is 0 Å². The van der Waals surface area contributed by atoms with Crippen molar-refractivity contribution in [2.24, 2.45) is 5.10 Å². The summed E-state index contributed by atoms with van der Waals surface area (Å²) in [6, 6.07) is 24.4. The monoisotopic (exact) mass is 479 g/mol. The summed E-state index contributed by atoms with van der Waals surface area (Å²) >= 11 is 0. The molecule has 5 rings (SSSR count). The molecule has 0 saturated carbocycles. The number of hydrogen-bond donors (Lipinski definition) is 1. The molecule has 0 bridgehead atoms. The first kappa shape index (κ1) is 22.5. The number of nitrogens with zero attached hydrogens (tertiary/aromatic N) is 3. The molecule has 0 radical (unpaired) electrons. The summed E-state index contributed by atoms with van der Waals surface area (Å²) < 4.78 is 5.92. The SMILES string of the molecule is O=C(O)c1ccc(-c2ccc(/C=C3\C(=O)N(c4ccccc4)N=C3c3ccc([N+](=O)[O-])cc3)o2)cc1. The molecule has 3 aromatic carbocycles. The molecule has 36 heavy (non-hydrogen) atoms. The van der Waals surface area contributed by atoms with Crippen LogP contribution in [0.4, 0.5) is 11.4 Å². The number of carboxylic acid groups (broad SMARTS) is 1. The first-order valence-electron chi connectivity index (χ1n) is 10.8. The number of hydrogen-bond acceptors (Lipinski definition) is 6. The summed E-state index contributed by atoms with van der Waals surface area (Å²) in [5.41, 5.74) is 2.49. The maximum atomic E-state index is 13.4. The number of hydrazone groups is 1. The van der Waals surface area contributed by atoms with Crippen LogP contribution >= 0.6 is 0 Å². The first-order chi connectivity index (χ1) is 17.4. The number of nitro groups is 1. The number of rotatable bonds is 6. The fourth-order valence-corrected chi connectivity index (χ4v) is 3.75. The topological polar surface area (TPSA) is 126 Å². The van der Waals surface area contributed by atoms with Gasteiger partial charge in [0.25, 0.3) is 11.6 Å². The molecule has 1 aliphatic heterocycles. The molecule has 2 heterocycles. The average Bonchev–Trinajstić information content (AvgIpc) is 3.50. The van der Waals surface area contributed by atoms with Crippen LogP contribution in [0.5, 0.6) is 0 Å². The Morgan fingerprint density at radius 2 is 1.58 bits per heavy atom. The summed E-state index contributed by atoms with van der Waals surface area (Å²) in [7, 11) is 0. The van der Waals surface area contributed by atoms with E-state index in [0.717, 1.165) is 0 Å². The Balaban J connectivity index is 1.53. The lowest BCUT2D eigenvalue weighted by Crippen LogP contribution is -2.21. The predicted octanol–water partition coefficient (Wildman–Crippen LogP) is 5.39. The molecular formula is C27H17N3O6. The zero-order chi connectivity index (χ0) is 25.2. The van der Waals surface area contributed by atoms with Crippen LogP contribution in [0.25, 0.3) is 17.4 Å². The van der Waals surface area contributed by atoms with Gasteiger partial charge in [-0.15, -0.1) is 0 Å². The van der Waals surface area contributed by atoms with E-state index in [1.807, 2.05) is 6.07 Å². The van der Waals surface area contributed by atoms with Crippen LogP contribution in [0.3, 0.4) is 0 Å². The molecule has 0 atom stereocenters. The van der Waals surface area contributed by atoms with Crippen molar-refractivity contribution < 1.29 is 24.0 Å². The van der Waals surface area contributed by atoms with E-state index in [2.05, 4.69) is 5.10 Å². The number of nitro benzene ring substituents is 1. The molecule has 1 aliphatic rings. The summed E-state index contributed by atoms with van der Waals surface area (Å²) in [5.74, 6) is -0.510. The second-order valence-corrected chi connectivity index (χ2v) is 7.85. The molecule has 0 saturated heterocycles. The van der Waals surface area contributed by atoms with Gasteiger partial charge in [0.2, 0.25) is 0 Å². The molecule has 4 aromatic rings. The molecule has 1 amide bonds. The van der Waals surface area contributed by atoms with E-state index in [1.54, 1.807) is 66.7 Å². The third-order valence-electron chi connectivity index (χ3n) is 5.56. The van der Waals surface area contributed by atoms with Gasteiger partial charge in [0.05, 0.1) is 21.7 Å². The number of benzene rings is 3. The van der Waals surface area contributed by atoms with E-state index < -0.39 is 10.9 Å². The van der Waals surface area contributed by atoms with Gasteiger partial charge < -0.3 is 9.52 Å². The summed E-state index contributed by atoms with van der Waals surface area (Å²) in [5, 5.41) is 25.9. The van der Waals surface area contributed by atoms with E-state index in [0.29, 0.717) is 34.0 Å². The van der Waals surface area contributed by atoms with E-state index in [4.69, 9.17) is 9.52 Å². The molecule has 1 N–H and O–H groups in total. The third-order valence-corrected chi connectivity index (χ3v) is 5.56. The molecule has 176 valence electrons. The van der Waals surface area contributed by atoms with Gasteiger partial charge in [-0.05, 0) is 54.6 Å². The van der Waals surface area contributed by atoms with E-state index in [-0.39, 0.29) is 22.7 Å². The van der Waals surface area contributed by atoms with E-state index >= 15 is 0 Å². The van der Waals surface area contributed by atoms with Gasteiger partial charge in [-0.25, -0.2) is 4.79 Å². The lowest BCUT2D eigenvalue weighted by molar-refractivity contribution is -0.384. The van der Waals surface area contributed by atoms with Crippen molar-refractivity contribution in [2.45, 2.75) is 0 Å². The molecule has 1 aromatic heterocycles. The van der Waals surface area contributed by atoms with E-state index in [1.165, 1.54) is 29.3 Å². The normalized spacial score (nSPS) is 14.2. The van der Waals surface area contributed by atoms with Crippen LogP contribution in [-0.2, 0) is 4.79 Å².